The summed E-state index contributed by atoms with van der Waals surface area (Å²) in [7, 11) is 3.46. The van der Waals surface area contributed by atoms with Crippen molar-refractivity contribution in [3.8, 4) is 0 Å². The molecule has 6 amide bonds. The summed E-state index contributed by atoms with van der Waals surface area (Å²) in [4.78, 5) is 92.3. The maximum atomic E-state index is 14.8. The molecule has 0 aromatic heterocycles. The van der Waals surface area contributed by atoms with E-state index >= 15 is 0 Å². The van der Waals surface area contributed by atoms with Crippen LogP contribution < -0.4 is 21.3 Å². The van der Waals surface area contributed by atoms with E-state index in [9.17, 15) is 28.8 Å². The molecule has 4 aliphatic rings. The molecule has 8 rings (SSSR count). The molecule has 14 nitrogen and oxygen atoms in total. The van der Waals surface area contributed by atoms with Crippen LogP contribution in [0.3, 0.4) is 0 Å². The van der Waals surface area contributed by atoms with E-state index in [2.05, 4.69) is 45.5 Å². The van der Waals surface area contributed by atoms with Crippen LogP contribution in [0.1, 0.15) is 136 Å². The molecule has 2 saturated carbocycles. The van der Waals surface area contributed by atoms with Crippen LogP contribution in [-0.4, -0.2) is 146 Å². The van der Waals surface area contributed by atoms with Crippen molar-refractivity contribution in [2.24, 2.45) is 11.8 Å². The summed E-state index contributed by atoms with van der Waals surface area (Å²) in [5, 5.41) is 13.7. The molecular formula is C62H86N8O6. The van der Waals surface area contributed by atoms with Gasteiger partial charge < -0.3 is 40.9 Å². The van der Waals surface area contributed by atoms with Crippen LogP contribution in [0.2, 0.25) is 0 Å². The van der Waals surface area contributed by atoms with Gasteiger partial charge in [-0.15, -0.1) is 0 Å². The van der Waals surface area contributed by atoms with E-state index in [1.165, 1.54) is 0 Å². The molecule has 0 spiro atoms. The van der Waals surface area contributed by atoms with Gasteiger partial charge in [0, 0.05) is 62.5 Å². The summed E-state index contributed by atoms with van der Waals surface area (Å²) in [6.45, 7) is 7.14. The quantitative estimate of drug-likeness (QED) is 0.0621. The van der Waals surface area contributed by atoms with E-state index in [0.29, 0.717) is 63.2 Å². The summed E-state index contributed by atoms with van der Waals surface area (Å²) in [6.07, 6.45) is 14.6. The van der Waals surface area contributed by atoms with Gasteiger partial charge in [0.25, 0.3) is 11.8 Å². The second kappa shape index (κ2) is 29.4. The summed E-state index contributed by atoms with van der Waals surface area (Å²) in [5.74, 6) is -0.530. The first-order valence-corrected chi connectivity index (χ1v) is 28.8. The van der Waals surface area contributed by atoms with Crippen LogP contribution in [0.5, 0.6) is 0 Å². The maximum absolute atomic E-state index is 14.8. The van der Waals surface area contributed by atoms with Gasteiger partial charge in [-0.05, 0) is 136 Å². The van der Waals surface area contributed by atoms with Gasteiger partial charge in [0.2, 0.25) is 23.6 Å². The SMILES string of the molecule is CC.CNCC(=O)NC(C(=O)N1CCCC1CN(CCc1ccccc1)C(=O)c1ccc2cc(C(=O)N(CCc3ccccc3)CC3CCCN3C(=O)C(NC(=O)CNC)C3CCCCC3)ccc2c1)C1CCCCC1. The van der Waals surface area contributed by atoms with Crippen molar-refractivity contribution in [3.05, 3.63) is 119 Å². The summed E-state index contributed by atoms with van der Waals surface area (Å²) in [6, 6.07) is 30.0. The highest BCUT2D eigenvalue weighted by Gasteiger charge is 2.41. The largest absolute Gasteiger partial charge is 0.343 e. The Morgan fingerprint density at radius 3 is 1.25 bits per heavy atom. The molecular weight excluding hydrogens is 953 g/mol. The highest BCUT2D eigenvalue weighted by molar-refractivity contribution is 6.02. The lowest BCUT2D eigenvalue weighted by Crippen LogP contribution is -2.56. The smallest absolute Gasteiger partial charge is 0.253 e. The van der Waals surface area contributed by atoms with Crippen LogP contribution in [-0.2, 0) is 32.0 Å². The van der Waals surface area contributed by atoms with Crippen molar-refractivity contribution < 1.29 is 28.8 Å². The molecule has 4 aromatic rings. The van der Waals surface area contributed by atoms with Crippen molar-refractivity contribution >= 4 is 46.2 Å². The highest BCUT2D eigenvalue weighted by atomic mass is 16.2. The van der Waals surface area contributed by atoms with Gasteiger partial charge in [0.1, 0.15) is 12.1 Å². The Hall–Kier alpha value is -6.12. The molecule has 4 fully saturated rings. The molecule has 2 heterocycles. The lowest BCUT2D eigenvalue weighted by atomic mass is 9.83. The predicted octanol–water partition coefficient (Wildman–Crippen LogP) is 7.79. The molecule has 4 atom stereocenters. The average Bonchev–Trinajstić information content (AvgIpc) is 4.15. The number of amides is 6. The van der Waals surface area contributed by atoms with E-state index in [1.54, 1.807) is 14.1 Å². The van der Waals surface area contributed by atoms with Crippen LogP contribution in [0.15, 0.2) is 97.1 Å². The van der Waals surface area contributed by atoms with E-state index < -0.39 is 12.1 Å². The zero-order valence-corrected chi connectivity index (χ0v) is 45.9. The molecule has 4 N–H and O–H groups in total. The lowest BCUT2D eigenvalue weighted by Gasteiger charge is -2.36. The van der Waals surface area contributed by atoms with Crippen LogP contribution in [0, 0.1) is 11.8 Å². The molecule has 4 aromatic carbocycles. The Balaban J connectivity index is 0.00000415. The van der Waals surface area contributed by atoms with Crippen LogP contribution in [0.25, 0.3) is 10.8 Å². The average molecular weight is 1040 g/mol. The standard InChI is InChI=1S/C60H80N8O6.C2H6/c1-61-39-53(69)63-55(45-21-11-5-12-22-45)59(73)67-33-15-25-51(67)41-65(35-31-43-17-7-3-8-18-43)57(71)49-29-27-48-38-50(30-28-47(48)37-49)58(72)66(36-32-44-19-9-4-10-20-44)42-52-26-16-34-68(52)60(74)56(64-54(70)40-62-2)46-23-13-6-14-24-46;1-2/h3-4,7-10,17-20,27-30,37-38,45-46,51-52,55-56,61-62H,5-6,11-16,21-26,31-36,39-42H2,1-2H3,(H,63,69)(H,64,70);1-2H3. The number of carbonyl (C=O) groups is 6. The molecule has 410 valence electrons. The van der Waals surface area contributed by atoms with Gasteiger partial charge in [-0.1, -0.05) is 125 Å². The number of nitrogens with zero attached hydrogens (tertiary/aromatic N) is 4. The molecule has 14 heteroatoms. The zero-order valence-electron chi connectivity index (χ0n) is 45.9. The van der Waals surface area contributed by atoms with E-state index in [1.807, 2.05) is 106 Å². The Bertz CT molecular complexity index is 2340. The Morgan fingerprint density at radius 2 is 0.882 bits per heavy atom. The fourth-order valence-corrected chi connectivity index (χ4v) is 12.2. The number of benzene rings is 4. The first-order chi connectivity index (χ1) is 37.1. The lowest BCUT2D eigenvalue weighted by molar-refractivity contribution is -0.139. The van der Waals surface area contributed by atoms with Gasteiger partial charge in [-0.25, -0.2) is 0 Å². The van der Waals surface area contributed by atoms with Crippen molar-refractivity contribution in [3.63, 3.8) is 0 Å². The third-order valence-electron chi connectivity index (χ3n) is 16.2. The van der Waals surface area contributed by atoms with Crippen molar-refractivity contribution in [2.75, 3.05) is 66.5 Å². The second-order valence-corrected chi connectivity index (χ2v) is 21.4. The summed E-state index contributed by atoms with van der Waals surface area (Å²) < 4.78 is 0. The number of nitrogens with one attached hydrogen (secondary N) is 4. The first kappa shape index (κ1) is 57.6. The fraction of sp³-hybridized carbons (Fsp3) is 0.548. The topological polar surface area (TPSA) is 163 Å². The highest BCUT2D eigenvalue weighted by Crippen LogP contribution is 2.32. The minimum Gasteiger partial charge on any atom is -0.343 e. The Labute approximate surface area is 452 Å². The molecule has 0 radical (unpaired) electrons. The number of hydrogen-bond acceptors (Lipinski definition) is 8. The zero-order chi connectivity index (χ0) is 53.8. The van der Waals surface area contributed by atoms with Crippen molar-refractivity contribution in [1.29, 1.82) is 0 Å². The van der Waals surface area contributed by atoms with Crippen LogP contribution in [0.4, 0.5) is 0 Å². The monoisotopic (exact) mass is 1040 g/mol. The summed E-state index contributed by atoms with van der Waals surface area (Å²) in [5.41, 5.74) is 3.30. The number of likely N-dealkylation sites (tertiary alicyclic amines) is 2. The Kier molecular flexibility index (Phi) is 22.3. The molecule has 2 aliphatic carbocycles. The number of hydrogen-bond donors (Lipinski definition) is 4. The van der Waals surface area contributed by atoms with Crippen molar-refractivity contribution in [2.45, 2.75) is 141 Å². The number of likely N-dealkylation sites (N-methyl/N-ethyl adjacent to an activating group) is 2. The Morgan fingerprint density at radius 1 is 0.500 bits per heavy atom. The normalized spacial score (nSPS) is 18.8. The molecule has 2 saturated heterocycles. The number of carbonyl (C=O) groups excluding carboxylic acids is 6. The van der Waals surface area contributed by atoms with Gasteiger partial charge in [0.15, 0.2) is 0 Å². The van der Waals surface area contributed by atoms with Gasteiger partial charge in [-0.3, -0.25) is 28.8 Å². The predicted molar refractivity (Wildman–Crippen MR) is 302 cm³/mol. The molecule has 76 heavy (non-hydrogen) atoms. The van der Waals surface area contributed by atoms with Gasteiger partial charge in [-0.2, -0.15) is 0 Å². The third-order valence-corrected chi connectivity index (χ3v) is 16.2. The minimum atomic E-state index is -0.590. The van der Waals surface area contributed by atoms with E-state index in [-0.39, 0.29) is 72.5 Å². The fourth-order valence-electron chi connectivity index (χ4n) is 12.2. The summed E-state index contributed by atoms with van der Waals surface area (Å²) >= 11 is 0. The maximum Gasteiger partial charge on any atom is 0.253 e. The van der Waals surface area contributed by atoms with E-state index in [4.69, 9.17) is 0 Å². The van der Waals surface area contributed by atoms with Crippen LogP contribution >= 0.6 is 0 Å². The first-order valence-electron chi connectivity index (χ1n) is 28.8. The van der Waals surface area contributed by atoms with Gasteiger partial charge >= 0.3 is 0 Å². The number of fused-ring (bicyclic) bond motifs is 1. The molecule has 4 unspecified atom stereocenters. The third kappa shape index (κ3) is 15.5. The molecule has 0 bridgehead atoms. The molecule has 2 aliphatic heterocycles. The van der Waals surface area contributed by atoms with Crippen molar-refractivity contribution in [1.82, 2.24) is 40.9 Å². The number of rotatable bonds is 22. The van der Waals surface area contributed by atoms with E-state index in [0.717, 1.165) is 112 Å². The minimum absolute atomic E-state index is 0.0443. The van der Waals surface area contributed by atoms with Gasteiger partial charge in [0.05, 0.1) is 13.1 Å². The second-order valence-electron chi connectivity index (χ2n) is 21.4.